The molecule has 100 valence electrons. The number of hydrogen-bond donors (Lipinski definition) is 2. The average Bonchev–Trinajstić information content (AvgIpc) is 2.79. The fourth-order valence-corrected chi connectivity index (χ4v) is 4.54. The number of rotatable bonds is 4. The second-order valence-corrected chi connectivity index (χ2v) is 7.36. The van der Waals surface area contributed by atoms with E-state index in [4.69, 9.17) is 10.5 Å². The van der Waals surface area contributed by atoms with Gasteiger partial charge >= 0.3 is 0 Å². The van der Waals surface area contributed by atoms with E-state index in [0.717, 1.165) is 12.8 Å². The lowest BCUT2D eigenvalue weighted by atomic mass is 9.97. The summed E-state index contributed by atoms with van der Waals surface area (Å²) in [5.41, 5.74) is 5.68. The SMILES string of the molecule is NCC1CCCC1COC1CS(=O)(=O)CC1O. The summed E-state index contributed by atoms with van der Waals surface area (Å²) in [6, 6.07) is 0. The third kappa shape index (κ3) is 3.19. The van der Waals surface area contributed by atoms with Gasteiger partial charge in [0.1, 0.15) is 0 Å². The van der Waals surface area contributed by atoms with Gasteiger partial charge in [-0.15, -0.1) is 0 Å². The van der Waals surface area contributed by atoms with Crippen LogP contribution in [0, 0.1) is 11.8 Å². The van der Waals surface area contributed by atoms with Gasteiger partial charge in [0.25, 0.3) is 0 Å². The van der Waals surface area contributed by atoms with Crippen LogP contribution in [0.1, 0.15) is 19.3 Å². The molecular weight excluding hydrogens is 242 g/mol. The normalized spacial score (nSPS) is 40.8. The molecule has 1 saturated carbocycles. The Balaban J connectivity index is 1.82. The summed E-state index contributed by atoms with van der Waals surface area (Å²) in [5.74, 6) is 0.706. The summed E-state index contributed by atoms with van der Waals surface area (Å²) in [6.07, 6.45) is 1.99. The first-order valence-electron chi connectivity index (χ1n) is 6.22. The van der Waals surface area contributed by atoms with Gasteiger partial charge in [0.05, 0.1) is 30.3 Å². The summed E-state index contributed by atoms with van der Waals surface area (Å²) in [5, 5.41) is 9.59. The van der Waals surface area contributed by atoms with E-state index in [-0.39, 0.29) is 11.5 Å². The highest BCUT2D eigenvalue weighted by atomic mass is 32.2. The van der Waals surface area contributed by atoms with Gasteiger partial charge in [0, 0.05) is 0 Å². The minimum Gasteiger partial charge on any atom is -0.389 e. The van der Waals surface area contributed by atoms with Crippen molar-refractivity contribution in [2.75, 3.05) is 24.7 Å². The van der Waals surface area contributed by atoms with Gasteiger partial charge in [-0.3, -0.25) is 0 Å². The third-order valence-corrected chi connectivity index (χ3v) is 5.60. The molecule has 0 aromatic carbocycles. The topological polar surface area (TPSA) is 89.6 Å². The van der Waals surface area contributed by atoms with E-state index >= 15 is 0 Å². The molecule has 4 atom stereocenters. The van der Waals surface area contributed by atoms with Gasteiger partial charge in [0.2, 0.25) is 0 Å². The van der Waals surface area contributed by atoms with Crippen LogP contribution in [0.2, 0.25) is 0 Å². The lowest BCUT2D eigenvalue weighted by molar-refractivity contribution is -0.0264. The van der Waals surface area contributed by atoms with Crippen LogP contribution >= 0.6 is 0 Å². The molecule has 3 N–H and O–H groups in total. The van der Waals surface area contributed by atoms with Crippen LogP contribution in [0.4, 0.5) is 0 Å². The van der Waals surface area contributed by atoms with Crippen molar-refractivity contribution in [2.45, 2.75) is 31.5 Å². The van der Waals surface area contributed by atoms with Crippen molar-refractivity contribution < 1.29 is 18.3 Å². The molecular formula is C11H21NO4S. The second kappa shape index (κ2) is 5.22. The Labute approximate surface area is 102 Å². The van der Waals surface area contributed by atoms with Crippen molar-refractivity contribution in [3.05, 3.63) is 0 Å². The lowest BCUT2D eigenvalue weighted by Gasteiger charge is -2.21. The maximum absolute atomic E-state index is 11.3. The van der Waals surface area contributed by atoms with Crippen molar-refractivity contribution in [1.82, 2.24) is 0 Å². The molecule has 2 rings (SSSR count). The van der Waals surface area contributed by atoms with E-state index in [1.54, 1.807) is 0 Å². The number of hydrogen-bond acceptors (Lipinski definition) is 5. The minimum atomic E-state index is -3.11. The molecule has 0 aromatic rings. The summed E-state index contributed by atoms with van der Waals surface area (Å²) >= 11 is 0. The fraction of sp³-hybridized carbons (Fsp3) is 1.00. The van der Waals surface area contributed by atoms with Gasteiger partial charge in [-0.25, -0.2) is 8.42 Å². The van der Waals surface area contributed by atoms with Crippen molar-refractivity contribution in [3.63, 3.8) is 0 Å². The van der Waals surface area contributed by atoms with E-state index in [2.05, 4.69) is 0 Å². The van der Waals surface area contributed by atoms with Crippen LogP contribution in [0.5, 0.6) is 0 Å². The molecule has 5 nitrogen and oxygen atoms in total. The summed E-state index contributed by atoms with van der Waals surface area (Å²) in [4.78, 5) is 0. The summed E-state index contributed by atoms with van der Waals surface area (Å²) < 4.78 is 28.2. The quantitative estimate of drug-likeness (QED) is 0.716. The second-order valence-electron chi connectivity index (χ2n) is 5.20. The highest BCUT2D eigenvalue weighted by Gasteiger charge is 2.38. The molecule has 2 aliphatic rings. The summed E-state index contributed by atoms with van der Waals surface area (Å²) in [6.45, 7) is 1.19. The predicted octanol–water partition coefficient (Wildman–Crippen LogP) is -0.464. The Kier molecular flexibility index (Phi) is 4.07. The molecule has 0 amide bonds. The number of ether oxygens (including phenoxy) is 1. The van der Waals surface area contributed by atoms with E-state index in [0.29, 0.717) is 25.0 Å². The van der Waals surface area contributed by atoms with E-state index in [9.17, 15) is 13.5 Å². The smallest absolute Gasteiger partial charge is 0.155 e. The Bertz CT molecular complexity index is 356. The zero-order chi connectivity index (χ0) is 12.5. The first-order valence-corrected chi connectivity index (χ1v) is 8.04. The van der Waals surface area contributed by atoms with Gasteiger partial charge < -0.3 is 15.6 Å². The van der Waals surface area contributed by atoms with E-state index in [1.807, 2.05) is 0 Å². The maximum atomic E-state index is 11.3. The molecule has 0 spiro atoms. The van der Waals surface area contributed by atoms with E-state index < -0.39 is 22.0 Å². The fourth-order valence-electron chi connectivity index (χ4n) is 2.85. The molecule has 0 radical (unpaired) electrons. The van der Waals surface area contributed by atoms with Gasteiger partial charge in [-0.2, -0.15) is 0 Å². The Morgan fingerprint density at radius 1 is 1.24 bits per heavy atom. The van der Waals surface area contributed by atoms with Crippen LogP contribution in [0.3, 0.4) is 0 Å². The van der Waals surface area contributed by atoms with Crippen LogP contribution in [-0.4, -0.2) is 50.4 Å². The molecule has 6 heteroatoms. The first-order chi connectivity index (χ1) is 8.02. The molecule has 1 aliphatic carbocycles. The lowest BCUT2D eigenvalue weighted by Crippen LogP contribution is -2.31. The number of sulfone groups is 1. The average molecular weight is 263 g/mol. The van der Waals surface area contributed by atoms with Crippen molar-refractivity contribution in [1.29, 1.82) is 0 Å². The van der Waals surface area contributed by atoms with Crippen LogP contribution < -0.4 is 5.73 Å². The standard InChI is InChI=1S/C11H21NO4S/c12-4-8-2-1-3-9(8)5-16-11-7-17(14,15)6-10(11)13/h8-11,13H,1-7,12H2. The number of aliphatic hydroxyl groups is 1. The van der Waals surface area contributed by atoms with Gasteiger partial charge in [0.15, 0.2) is 9.84 Å². The number of aliphatic hydroxyl groups excluding tert-OH is 1. The molecule has 1 saturated heterocycles. The maximum Gasteiger partial charge on any atom is 0.155 e. The molecule has 4 unspecified atom stereocenters. The highest BCUT2D eigenvalue weighted by Crippen LogP contribution is 2.31. The molecule has 2 fully saturated rings. The van der Waals surface area contributed by atoms with E-state index in [1.165, 1.54) is 6.42 Å². The first kappa shape index (κ1) is 13.3. The van der Waals surface area contributed by atoms with Crippen LogP contribution in [0.15, 0.2) is 0 Å². The summed E-state index contributed by atoms with van der Waals surface area (Å²) in [7, 11) is -3.11. The molecule has 1 heterocycles. The van der Waals surface area contributed by atoms with Gasteiger partial charge in [-0.1, -0.05) is 6.42 Å². The van der Waals surface area contributed by atoms with Crippen molar-refractivity contribution in [2.24, 2.45) is 17.6 Å². The Morgan fingerprint density at radius 3 is 2.53 bits per heavy atom. The molecule has 17 heavy (non-hydrogen) atoms. The zero-order valence-corrected chi connectivity index (χ0v) is 10.7. The largest absolute Gasteiger partial charge is 0.389 e. The van der Waals surface area contributed by atoms with Crippen molar-refractivity contribution in [3.8, 4) is 0 Å². The third-order valence-electron chi connectivity index (χ3n) is 3.92. The van der Waals surface area contributed by atoms with Crippen LogP contribution in [0.25, 0.3) is 0 Å². The highest BCUT2D eigenvalue weighted by molar-refractivity contribution is 7.91. The monoisotopic (exact) mass is 263 g/mol. The molecule has 0 aromatic heterocycles. The number of nitrogens with two attached hydrogens (primary N) is 1. The Morgan fingerprint density at radius 2 is 1.94 bits per heavy atom. The molecule has 0 bridgehead atoms. The van der Waals surface area contributed by atoms with Crippen LogP contribution in [-0.2, 0) is 14.6 Å². The minimum absolute atomic E-state index is 0.0474. The van der Waals surface area contributed by atoms with Gasteiger partial charge in [-0.05, 0) is 31.2 Å². The predicted molar refractivity (Wildman–Crippen MR) is 64.3 cm³/mol. The Hall–Kier alpha value is -0.170. The van der Waals surface area contributed by atoms with Crippen molar-refractivity contribution >= 4 is 9.84 Å². The molecule has 1 aliphatic heterocycles. The zero-order valence-electron chi connectivity index (χ0n) is 9.92.